The Kier molecular flexibility index (Phi) is 6.00. The lowest BCUT2D eigenvalue weighted by Crippen LogP contribution is -2.14. The van der Waals surface area contributed by atoms with Gasteiger partial charge in [0.1, 0.15) is 17.2 Å². The zero-order chi connectivity index (χ0) is 21.0. The summed E-state index contributed by atoms with van der Waals surface area (Å²) >= 11 is 0. The normalized spacial score (nSPS) is 11.4. The summed E-state index contributed by atoms with van der Waals surface area (Å²) in [4.78, 5) is 7.90. The van der Waals surface area contributed by atoms with E-state index in [0.29, 0.717) is 12.0 Å². The molecule has 29 heavy (non-hydrogen) atoms. The lowest BCUT2D eigenvalue weighted by atomic mass is 10.1. The Labute approximate surface area is 165 Å². The molecule has 3 rings (SSSR count). The molecular weight excluding hydrogens is 388 g/mol. The van der Waals surface area contributed by atoms with Gasteiger partial charge in [0.25, 0.3) is 5.92 Å². The van der Waals surface area contributed by atoms with Gasteiger partial charge in [-0.1, -0.05) is 13.3 Å². The molecule has 0 radical (unpaired) electrons. The Balaban J connectivity index is 1.94. The minimum absolute atomic E-state index is 0.0617. The van der Waals surface area contributed by atoms with Crippen molar-refractivity contribution in [1.29, 1.82) is 0 Å². The van der Waals surface area contributed by atoms with Crippen molar-refractivity contribution in [2.24, 2.45) is 0 Å². The highest BCUT2D eigenvalue weighted by Gasteiger charge is 2.31. The number of benzene rings is 1. The molecule has 4 nitrogen and oxygen atoms in total. The van der Waals surface area contributed by atoms with E-state index in [-0.39, 0.29) is 35.1 Å². The molecule has 0 fully saturated rings. The maximum absolute atomic E-state index is 14.0. The maximum Gasteiger partial charge on any atom is 0.289 e. The van der Waals surface area contributed by atoms with Gasteiger partial charge < -0.3 is 9.47 Å². The van der Waals surface area contributed by atoms with Crippen molar-refractivity contribution in [2.75, 3.05) is 7.11 Å². The molecule has 0 saturated carbocycles. The number of alkyl halides is 2. The van der Waals surface area contributed by atoms with Crippen LogP contribution in [0.4, 0.5) is 17.6 Å². The first-order valence-corrected chi connectivity index (χ1v) is 8.86. The van der Waals surface area contributed by atoms with Crippen LogP contribution in [0.1, 0.15) is 25.5 Å². The van der Waals surface area contributed by atoms with Crippen molar-refractivity contribution < 1.29 is 27.0 Å². The monoisotopic (exact) mass is 406 g/mol. The third-order valence-electron chi connectivity index (χ3n) is 4.19. The van der Waals surface area contributed by atoms with E-state index in [9.17, 15) is 17.6 Å². The number of aromatic nitrogens is 2. The van der Waals surface area contributed by atoms with Crippen LogP contribution in [-0.4, -0.2) is 17.1 Å². The molecule has 0 unspecified atom stereocenters. The first kappa shape index (κ1) is 20.6. The molecule has 0 atom stereocenters. The summed E-state index contributed by atoms with van der Waals surface area (Å²) < 4.78 is 66.0. The molecule has 0 aliphatic carbocycles. The van der Waals surface area contributed by atoms with Crippen molar-refractivity contribution in [1.82, 2.24) is 9.97 Å². The average Bonchev–Trinajstić information content (AvgIpc) is 2.70. The second-order valence-corrected chi connectivity index (χ2v) is 6.26. The van der Waals surface area contributed by atoms with Crippen molar-refractivity contribution >= 4 is 0 Å². The van der Waals surface area contributed by atoms with Crippen LogP contribution in [-0.2, 0) is 5.92 Å². The van der Waals surface area contributed by atoms with Crippen molar-refractivity contribution in [3.05, 3.63) is 66.1 Å². The highest BCUT2D eigenvalue weighted by Crippen LogP contribution is 2.38. The van der Waals surface area contributed by atoms with Gasteiger partial charge in [-0.15, -0.1) is 0 Å². The summed E-state index contributed by atoms with van der Waals surface area (Å²) in [5, 5.41) is 0. The summed E-state index contributed by atoms with van der Waals surface area (Å²) in [7, 11) is 1.33. The van der Waals surface area contributed by atoms with E-state index in [4.69, 9.17) is 9.47 Å². The zero-order valence-corrected chi connectivity index (χ0v) is 15.8. The van der Waals surface area contributed by atoms with E-state index in [1.807, 2.05) is 0 Å². The zero-order valence-electron chi connectivity index (χ0n) is 15.8. The lowest BCUT2D eigenvalue weighted by Gasteiger charge is -2.16. The number of methoxy groups -OCH3 is 1. The standard InChI is InChI=1S/C21H18F4N2O2/c1-3-8-21(24,25)19-7-6-13(12-27-19)29-20-14(5-4-9-26-20)15-10-16(22)17(23)11-18(15)28-2/h4-7,9-12H,3,8H2,1-2H3. The number of ether oxygens (including phenoxy) is 2. The fourth-order valence-corrected chi connectivity index (χ4v) is 2.80. The van der Waals surface area contributed by atoms with Crippen molar-refractivity contribution in [3.63, 3.8) is 0 Å². The first-order valence-electron chi connectivity index (χ1n) is 8.86. The Morgan fingerprint density at radius 2 is 1.76 bits per heavy atom. The molecule has 8 heteroatoms. The van der Waals surface area contributed by atoms with E-state index >= 15 is 0 Å². The van der Waals surface area contributed by atoms with Crippen LogP contribution >= 0.6 is 0 Å². The molecule has 0 aliphatic rings. The average molecular weight is 406 g/mol. The molecular formula is C21H18F4N2O2. The topological polar surface area (TPSA) is 44.2 Å². The van der Waals surface area contributed by atoms with E-state index in [0.717, 1.165) is 12.1 Å². The van der Waals surface area contributed by atoms with Gasteiger partial charge in [-0.25, -0.2) is 13.8 Å². The molecule has 0 aliphatic heterocycles. The minimum atomic E-state index is -3.03. The molecule has 0 bridgehead atoms. The molecule has 2 aromatic heterocycles. The van der Waals surface area contributed by atoms with Crippen molar-refractivity contribution in [3.8, 4) is 28.5 Å². The molecule has 2 heterocycles. The van der Waals surface area contributed by atoms with Gasteiger partial charge in [-0.3, -0.25) is 4.98 Å². The number of hydrogen-bond acceptors (Lipinski definition) is 4. The third kappa shape index (κ3) is 4.47. The van der Waals surface area contributed by atoms with Gasteiger partial charge in [-0.2, -0.15) is 8.78 Å². The van der Waals surface area contributed by atoms with Gasteiger partial charge in [-0.05, 0) is 30.3 Å². The molecule has 3 aromatic rings. The molecule has 0 saturated heterocycles. The Morgan fingerprint density at radius 1 is 1.00 bits per heavy atom. The van der Waals surface area contributed by atoms with Crippen molar-refractivity contribution in [2.45, 2.75) is 25.7 Å². The summed E-state index contributed by atoms with van der Waals surface area (Å²) in [6.45, 7) is 1.67. The summed E-state index contributed by atoms with van der Waals surface area (Å²) in [5.74, 6) is -4.81. The first-order chi connectivity index (χ1) is 13.9. The fraction of sp³-hybridized carbons (Fsp3) is 0.238. The quantitative estimate of drug-likeness (QED) is 0.444. The van der Waals surface area contributed by atoms with Crippen LogP contribution in [0.3, 0.4) is 0 Å². The van der Waals surface area contributed by atoms with Crippen LogP contribution in [0.2, 0.25) is 0 Å². The second-order valence-electron chi connectivity index (χ2n) is 6.26. The van der Waals surface area contributed by atoms with Gasteiger partial charge in [0.15, 0.2) is 11.6 Å². The Bertz CT molecular complexity index is 994. The highest BCUT2D eigenvalue weighted by atomic mass is 19.3. The van der Waals surface area contributed by atoms with Gasteiger partial charge in [0.2, 0.25) is 5.88 Å². The number of nitrogens with zero attached hydrogens (tertiary/aromatic N) is 2. The molecule has 152 valence electrons. The predicted molar refractivity (Wildman–Crippen MR) is 99.3 cm³/mol. The maximum atomic E-state index is 14.0. The van der Waals surface area contributed by atoms with E-state index in [1.54, 1.807) is 19.1 Å². The highest BCUT2D eigenvalue weighted by molar-refractivity contribution is 5.74. The smallest absolute Gasteiger partial charge is 0.289 e. The van der Waals surface area contributed by atoms with E-state index < -0.39 is 17.6 Å². The minimum Gasteiger partial charge on any atom is -0.496 e. The predicted octanol–water partition coefficient (Wildman–Crippen LogP) is 6.11. The fourth-order valence-electron chi connectivity index (χ4n) is 2.80. The van der Waals surface area contributed by atoms with Crippen LogP contribution in [0, 0.1) is 11.6 Å². The summed E-state index contributed by atoms with van der Waals surface area (Å²) in [6.07, 6.45) is 2.63. The molecule has 0 N–H and O–H groups in total. The Morgan fingerprint density at radius 3 is 2.41 bits per heavy atom. The molecule has 0 spiro atoms. The second kappa shape index (κ2) is 8.46. The van der Waals surface area contributed by atoms with Gasteiger partial charge in [0, 0.05) is 29.8 Å². The molecule has 1 aromatic carbocycles. The lowest BCUT2D eigenvalue weighted by molar-refractivity contribution is -0.0184. The number of hydrogen-bond donors (Lipinski definition) is 0. The third-order valence-corrected chi connectivity index (χ3v) is 4.19. The summed E-state index contributed by atoms with van der Waals surface area (Å²) in [6, 6.07) is 7.63. The number of pyridine rings is 2. The van der Waals surface area contributed by atoms with Crippen LogP contribution in [0.25, 0.3) is 11.1 Å². The van der Waals surface area contributed by atoms with Crippen LogP contribution in [0.5, 0.6) is 17.4 Å². The Hall–Kier alpha value is -3.16. The number of rotatable bonds is 7. The number of halogens is 4. The van der Waals surface area contributed by atoms with Gasteiger partial charge in [0.05, 0.1) is 13.3 Å². The van der Waals surface area contributed by atoms with E-state index in [2.05, 4.69) is 9.97 Å². The van der Waals surface area contributed by atoms with Crippen LogP contribution in [0.15, 0.2) is 48.8 Å². The van der Waals surface area contributed by atoms with E-state index in [1.165, 1.54) is 31.6 Å². The molecule has 0 amide bonds. The SMILES string of the molecule is CCCC(F)(F)c1ccc(Oc2ncccc2-c2cc(F)c(F)cc2OC)cn1. The summed E-state index contributed by atoms with van der Waals surface area (Å²) in [5.41, 5.74) is 0.215. The largest absolute Gasteiger partial charge is 0.496 e. The van der Waals surface area contributed by atoms with Crippen LogP contribution < -0.4 is 9.47 Å². The van der Waals surface area contributed by atoms with Gasteiger partial charge >= 0.3 is 0 Å².